The van der Waals surface area contributed by atoms with Crippen molar-refractivity contribution in [2.24, 2.45) is 5.92 Å². The molecule has 1 atom stereocenters. The lowest BCUT2D eigenvalue weighted by Crippen LogP contribution is -2.42. The molecule has 0 saturated carbocycles. The van der Waals surface area contributed by atoms with Crippen LogP contribution in [-0.2, 0) is 6.54 Å². The number of pyridine rings is 1. The summed E-state index contributed by atoms with van der Waals surface area (Å²) in [6, 6.07) is 1.55. The number of nitrogens with zero attached hydrogens (tertiary/aromatic N) is 2. The molecule has 0 spiro atoms. The van der Waals surface area contributed by atoms with Crippen molar-refractivity contribution in [1.29, 1.82) is 0 Å². The number of rotatable bonds is 4. The lowest BCUT2D eigenvalue weighted by atomic mass is 9.97. The average Bonchev–Trinajstić information content (AvgIpc) is 2.45. The van der Waals surface area contributed by atoms with Crippen molar-refractivity contribution < 1.29 is 17.6 Å². The van der Waals surface area contributed by atoms with Gasteiger partial charge in [0.15, 0.2) is 11.6 Å². The van der Waals surface area contributed by atoms with E-state index in [1.54, 1.807) is 6.07 Å². The zero-order valence-electron chi connectivity index (χ0n) is 11.9. The molecule has 1 fully saturated rings. The number of hydrogen-bond acceptors (Lipinski definition) is 3. The highest BCUT2D eigenvalue weighted by atomic mass is 19.4. The van der Waals surface area contributed by atoms with Crippen molar-refractivity contribution in [2.75, 3.05) is 24.5 Å². The Balaban J connectivity index is 2.17. The van der Waals surface area contributed by atoms with Gasteiger partial charge in [-0.2, -0.15) is 13.2 Å². The monoisotopic (exact) mass is 305 g/mol. The molecule has 1 aliphatic rings. The van der Waals surface area contributed by atoms with Gasteiger partial charge < -0.3 is 10.2 Å². The van der Waals surface area contributed by atoms with E-state index in [4.69, 9.17) is 0 Å². The topological polar surface area (TPSA) is 28.2 Å². The molecule has 0 bridgehead atoms. The summed E-state index contributed by atoms with van der Waals surface area (Å²) in [6.07, 6.45) is -2.31. The van der Waals surface area contributed by atoms with Crippen molar-refractivity contribution in [1.82, 2.24) is 10.3 Å². The maximum atomic E-state index is 14.4. The Morgan fingerprint density at radius 2 is 2.19 bits per heavy atom. The highest BCUT2D eigenvalue weighted by molar-refractivity contribution is 5.43. The Bertz CT molecular complexity index is 476. The fraction of sp³-hybridized carbons (Fsp3) is 0.643. The molecule has 1 unspecified atom stereocenters. The third-order valence-electron chi connectivity index (χ3n) is 3.70. The van der Waals surface area contributed by atoms with E-state index in [9.17, 15) is 17.6 Å². The van der Waals surface area contributed by atoms with E-state index in [1.807, 2.05) is 6.92 Å². The minimum absolute atomic E-state index is 0.0272. The summed E-state index contributed by atoms with van der Waals surface area (Å²) in [4.78, 5) is 5.35. The fourth-order valence-electron chi connectivity index (χ4n) is 2.52. The minimum atomic E-state index is -4.24. The molecule has 0 radical (unpaired) electrons. The number of aromatic nitrogens is 1. The summed E-state index contributed by atoms with van der Waals surface area (Å²) in [6.45, 7) is 3.11. The smallest absolute Gasteiger partial charge is 0.354 e. The van der Waals surface area contributed by atoms with Crippen LogP contribution in [0.4, 0.5) is 23.4 Å². The second kappa shape index (κ2) is 6.60. The van der Waals surface area contributed by atoms with Crippen LogP contribution in [0.25, 0.3) is 0 Å². The van der Waals surface area contributed by atoms with Crippen LogP contribution in [0.15, 0.2) is 12.3 Å². The van der Waals surface area contributed by atoms with E-state index in [2.05, 4.69) is 10.3 Å². The van der Waals surface area contributed by atoms with Gasteiger partial charge in [0, 0.05) is 31.4 Å². The molecular weight excluding hydrogens is 286 g/mol. The van der Waals surface area contributed by atoms with Crippen LogP contribution in [0.2, 0.25) is 0 Å². The van der Waals surface area contributed by atoms with Crippen LogP contribution in [0.1, 0.15) is 25.3 Å². The summed E-state index contributed by atoms with van der Waals surface area (Å²) in [7, 11) is 0. The summed E-state index contributed by atoms with van der Waals surface area (Å²) in [5, 5.41) is 3.00. The van der Waals surface area contributed by atoms with Gasteiger partial charge in [0.05, 0.1) is 5.92 Å². The third-order valence-corrected chi connectivity index (χ3v) is 3.70. The van der Waals surface area contributed by atoms with E-state index in [0.717, 1.165) is 0 Å². The maximum absolute atomic E-state index is 14.4. The third kappa shape index (κ3) is 3.84. The Labute approximate surface area is 121 Å². The molecule has 21 heavy (non-hydrogen) atoms. The van der Waals surface area contributed by atoms with Crippen molar-refractivity contribution in [2.45, 2.75) is 32.5 Å². The van der Waals surface area contributed by atoms with E-state index >= 15 is 0 Å². The molecule has 0 aliphatic carbocycles. The molecule has 0 aromatic carbocycles. The second-order valence-corrected chi connectivity index (χ2v) is 5.21. The lowest BCUT2D eigenvalue weighted by Gasteiger charge is -2.34. The molecule has 1 aliphatic heterocycles. The highest BCUT2D eigenvalue weighted by Crippen LogP contribution is 2.35. The zero-order valence-corrected chi connectivity index (χ0v) is 11.9. The number of anilines is 1. The number of halogens is 4. The molecule has 2 rings (SSSR count). The molecule has 3 nitrogen and oxygen atoms in total. The number of alkyl halides is 3. The van der Waals surface area contributed by atoms with Gasteiger partial charge in [-0.05, 0) is 25.5 Å². The van der Waals surface area contributed by atoms with Gasteiger partial charge >= 0.3 is 6.18 Å². The first-order valence-electron chi connectivity index (χ1n) is 7.09. The second-order valence-electron chi connectivity index (χ2n) is 5.21. The van der Waals surface area contributed by atoms with E-state index in [-0.39, 0.29) is 18.8 Å². The molecule has 0 amide bonds. The van der Waals surface area contributed by atoms with Crippen LogP contribution in [-0.4, -0.2) is 30.8 Å². The Morgan fingerprint density at radius 3 is 2.86 bits per heavy atom. The van der Waals surface area contributed by atoms with Crippen molar-refractivity contribution in [3.05, 3.63) is 23.6 Å². The number of nitrogens with one attached hydrogen (secondary N) is 1. The first-order chi connectivity index (χ1) is 9.93. The Kier molecular flexibility index (Phi) is 5.03. The van der Waals surface area contributed by atoms with Gasteiger partial charge in [-0.1, -0.05) is 6.92 Å². The first kappa shape index (κ1) is 16.0. The summed E-state index contributed by atoms with van der Waals surface area (Å²) >= 11 is 0. The molecule has 2 heterocycles. The van der Waals surface area contributed by atoms with Crippen LogP contribution < -0.4 is 10.2 Å². The van der Waals surface area contributed by atoms with Gasteiger partial charge in [0.25, 0.3) is 0 Å². The standard InChI is InChI=1S/C14H19F4N3/c1-2-19-8-10-5-6-20-13(12(10)15)21-7-3-4-11(9-21)14(16,17)18/h5-6,11,19H,2-4,7-9H2,1H3. The SMILES string of the molecule is CCNCc1ccnc(N2CCCC(C(F)(F)F)C2)c1F. The van der Waals surface area contributed by atoms with Gasteiger partial charge in [-0.25, -0.2) is 9.37 Å². The predicted octanol–water partition coefficient (Wildman–Crippen LogP) is 3.11. The zero-order chi connectivity index (χ0) is 15.5. The predicted molar refractivity (Wildman–Crippen MR) is 72.6 cm³/mol. The highest BCUT2D eigenvalue weighted by Gasteiger charge is 2.42. The largest absolute Gasteiger partial charge is 0.393 e. The molecule has 1 N–H and O–H groups in total. The summed E-state index contributed by atoms with van der Waals surface area (Å²) < 4.78 is 52.9. The van der Waals surface area contributed by atoms with Crippen molar-refractivity contribution in [3.63, 3.8) is 0 Å². The quantitative estimate of drug-likeness (QED) is 0.866. The Morgan fingerprint density at radius 1 is 1.43 bits per heavy atom. The van der Waals surface area contributed by atoms with Crippen molar-refractivity contribution >= 4 is 5.82 Å². The van der Waals surface area contributed by atoms with Crippen LogP contribution in [0, 0.1) is 11.7 Å². The maximum Gasteiger partial charge on any atom is 0.393 e. The number of hydrogen-bond donors (Lipinski definition) is 1. The average molecular weight is 305 g/mol. The Hall–Kier alpha value is -1.37. The fourth-order valence-corrected chi connectivity index (χ4v) is 2.52. The van der Waals surface area contributed by atoms with Crippen LogP contribution in [0.3, 0.4) is 0 Å². The van der Waals surface area contributed by atoms with E-state index < -0.39 is 17.9 Å². The molecule has 118 valence electrons. The molecule has 7 heteroatoms. The van der Waals surface area contributed by atoms with Crippen LogP contribution in [0.5, 0.6) is 0 Å². The van der Waals surface area contributed by atoms with E-state index in [1.165, 1.54) is 11.1 Å². The molecule has 1 aromatic heterocycles. The normalized spacial score (nSPS) is 19.9. The van der Waals surface area contributed by atoms with Crippen molar-refractivity contribution in [3.8, 4) is 0 Å². The summed E-state index contributed by atoms with van der Waals surface area (Å²) in [5.74, 6) is -1.91. The summed E-state index contributed by atoms with van der Waals surface area (Å²) in [5.41, 5.74) is 0.427. The van der Waals surface area contributed by atoms with E-state index in [0.29, 0.717) is 31.6 Å². The minimum Gasteiger partial charge on any atom is -0.354 e. The lowest BCUT2D eigenvalue weighted by molar-refractivity contribution is -0.176. The first-order valence-corrected chi connectivity index (χ1v) is 7.09. The molecular formula is C14H19F4N3. The van der Waals surface area contributed by atoms with Gasteiger partial charge in [0.2, 0.25) is 0 Å². The van der Waals surface area contributed by atoms with Gasteiger partial charge in [-0.3, -0.25) is 0 Å². The van der Waals surface area contributed by atoms with Gasteiger partial charge in [-0.15, -0.1) is 0 Å². The van der Waals surface area contributed by atoms with Gasteiger partial charge in [0.1, 0.15) is 0 Å². The number of piperidine rings is 1. The molecule has 1 aromatic rings. The van der Waals surface area contributed by atoms with Crippen LogP contribution >= 0.6 is 0 Å². The molecule has 1 saturated heterocycles.